The third kappa shape index (κ3) is 1.46. The Hall–Kier alpha value is -0.500. The minimum absolute atomic E-state index is 0.0475. The molecular formula is C12H23NO. The van der Waals surface area contributed by atoms with Crippen LogP contribution < -0.4 is 5.32 Å². The van der Waals surface area contributed by atoms with Crippen LogP contribution in [-0.4, -0.2) is 18.2 Å². The molecular weight excluding hydrogens is 174 g/mol. The van der Waals surface area contributed by atoms with Crippen LogP contribution in [0.5, 0.6) is 0 Å². The van der Waals surface area contributed by atoms with E-state index < -0.39 is 0 Å². The normalized spacial score (nSPS) is 36.9. The van der Waals surface area contributed by atoms with E-state index in [4.69, 9.17) is 4.74 Å². The number of allylic oxidation sites excluding steroid dienone is 1. The van der Waals surface area contributed by atoms with Gasteiger partial charge in [0.1, 0.15) is 5.60 Å². The first-order valence-corrected chi connectivity index (χ1v) is 5.31. The summed E-state index contributed by atoms with van der Waals surface area (Å²) in [5.74, 6) is 1.51. The van der Waals surface area contributed by atoms with E-state index in [-0.39, 0.29) is 11.1 Å². The molecule has 1 aliphatic heterocycles. The average Bonchev–Trinajstić information content (AvgIpc) is 2.11. The Morgan fingerprint density at radius 2 is 1.71 bits per heavy atom. The third-order valence-electron chi connectivity index (χ3n) is 4.15. The fourth-order valence-corrected chi connectivity index (χ4v) is 2.35. The van der Waals surface area contributed by atoms with Crippen LogP contribution in [0.25, 0.3) is 0 Å². The molecule has 0 bridgehead atoms. The zero-order chi connectivity index (χ0) is 11.1. The molecule has 1 N–H and O–H groups in total. The van der Waals surface area contributed by atoms with Crippen molar-refractivity contribution in [3.63, 3.8) is 0 Å². The molecule has 14 heavy (non-hydrogen) atoms. The molecule has 0 aromatic rings. The Morgan fingerprint density at radius 1 is 1.21 bits per heavy atom. The molecule has 0 aromatic carbocycles. The number of hydrogen-bond acceptors (Lipinski definition) is 2. The van der Waals surface area contributed by atoms with Crippen molar-refractivity contribution in [3.8, 4) is 0 Å². The van der Waals surface area contributed by atoms with Gasteiger partial charge in [-0.25, -0.2) is 0 Å². The maximum Gasteiger partial charge on any atom is 0.108 e. The molecule has 0 aliphatic carbocycles. The highest BCUT2D eigenvalue weighted by molar-refractivity contribution is 5.26. The summed E-state index contributed by atoms with van der Waals surface area (Å²) in [6.07, 6.45) is 0. The van der Waals surface area contributed by atoms with Gasteiger partial charge in [0.15, 0.2) is 0 Å². The molecule has 0 radical (unpaired) electrons. The maximum atomic E-state index is 5.94. The predicted octanol–water partition coefficient (Wildman–Crippen LogP) is 2.70. The second kappa shape index (κ2) is 3.27. The molecule has 0 aromatic heterocycles. The van der Waals surface area contributed by atoms with E-state index in [9.17, 15) is 0 Å². The van der Waals surface area contributed by atoms with E-state index >= 15 is 0 Å². The molecule has 1 heterocycles. The van der Waals surface area contributed by atoms with Gasteiger partial charge < -0.3 is 10.1 Å². The lowest BCUT2D eigenvalue weighted by molar-refractivity contribution is -0.0575. The lowest BCUT2D eigenvalue weighted by Gasteiger charge is -2.50. The SMILES string of the molecule is CNC1(C)C(C)=C(C)OC(C)(C)C1C. The van der Waals surface area contributed by atoms with Gasteiger partial charge in [-0.3, -0.25) is 0 Å². The van der Waals surface area contributed by atoms with E-state index in [0.717, 1.165) is 5.76 Å². The van der Waals surface area contributed by atoms with E-state index in [2.05, 4.69) is 46.9 Å². The van der Waals surface area contributed by atoms with Crippen LogP contribution >= 0.6 is 0 Å². The highest BCUT2D eigenvalue weighted by Crippen LogP contribution is 2.42. The van der Waals surface area contributed by atoms with E-state index in [1.165, 1.54) is 5.57 Å². The molecule has 1 aliphatic rings. The summed E-state index contributed by atoms with van der Waals surface area (Å²) in [6.45, 7) is 13.0. The molecule has 0 saturated heterocycles. The van der Waals surface area contributed by atoms with Crippen LogP contribution in [-0.2, 0) is 4.74 Å². The van der Waals surface area contributed by atoms with E-state index in [1.54, 1.807) is 0 Å². The molecule has 2 unspecified atom stereocenters. The van der Waals surface area contributed by atoms with Gasteiger partial charge in [-0.1, -0.05) is 6.92 Å². The molecule has 2 nitrogen and oxygen atoms in total. The number of nitrogens with one attached hydrogen (secondary N) is 1. The lowest BCUT2D eigenvalue weighted by Crippen LogP contribution is -2.58. The molecule has 0 spiro atoms. The van der Waals surface area contributed by atoms with Gasteiger partial charge >= 0.3 is 0 Å². The summed E-state index contributed by atoms with van der Waals surface area (Å²) in [5.41, 5.74) is 1.26. The summed E-state index contributed by atoms with van der Waals surface area (Å²) < 4.78 is 5.94. The Bertz CT molecular complexity index is 267. The van der Waals surface area contributed by atoms with Crippen molar-refractivity contribution in [2.75, 3.05) is 7.05 Å². The first-order valence-electron chi connectivity index (χ1n) is 5.31. The molecule has 1 rings (SSSR count). The topological polar surface area (TPSA) is 21.3 Å². The predicted molar refractivity (Wildman–Crippen MR) is 60.2 cm³/mol. The highest BCUT2D eigenvalue weighted by Gasteiger charge is 2.46. The van der Waals surface area contributed by atoms with Gasteiger partial charge in [-0.2, -0.15) is 0 Å². The molecule has 0 saturated carbocycles. The van der Waals surface area contributed by atoms with Crippen molar-refractivity contribution >= 4 is 0 Å². The van der Waals surface area contributed by atoms with Crippen LogP contribution in [0.1, 0.15) is 41.5 Å². The number of ether oxygens (including phenoxy) is 1. The zero-order valence-corrected chi connectivity index (χ0v) is 10.5. The van der Waals surface area contributed by atoms with Crippen LogP contribution in [0.4, 0.5) is 0 Å². The minimum Gasteiger partial charge on any atom is -0.492 e. The van der Waals surface area contributed by atoms with E-state index in [0.29, 0.717) is 5.92 Å². The second-order valence-corrected chi connectivity index (χ2v) is 5.06. The summed E-state index contributed by atoms with van der Waals surface area (Å²) >= 11 is 0. The summed E-state index contributed by atoms with van der Waals surface area (Å²) in [7, 11) is 2.02. The van der Waals surface area contributed by atoms with Crippen molar-refractivity contribution in [3.05, 3.63) is 11.3 Å². The van der Waals surface area contributed by atoms with Gasteiger partial charge in [0.25, 0.3) is 0 Å². The first-order chi connectivity index (χ1) is 6.25. The van der Waals surface area contributed by atoms with E-state index in [1.807, 2.05) is 7.05 Å². The van der Waals surface area contributed by atoms with Crippen LogP contribution in [0, 0.1) is 5.92 Å². The van der Waals surface area contributed by atoms with Crippen molar-refractivity contribution in [2.45, 2.75) is 52.7 Å². The maximum absolute atomic E-state index is 5.94. The third-order valence-corrected chi connectivity index (χ3v) is 4.15. The number of rotatable bonds is 1. The fraction of sp³-hybridized carbons (Fsp3) is 0.833. The van der Waals surface area contributed by atoms with Gasteiger partial charge in [0.2, 0.25) is 0 Å². The molecule has 2 heteroatoms. The van der Waals surface area contributed by atoms with Crippen molar-refractivity contribution < 1.29 is 4.74 Å². The molecule has 0 amide bonds. The average molecular weight is 197 g/mol. The van der Waals surface area contributed by atoms with Crippen molar-refractivity contribution in [1.29, 1.82) is 0 Å². The van der Waals surface area contributed by atoms with Gasteiger partial charge in [-0.15, -0.1) is 0 Å². The highest BCUT2D eigenvalue weighted by atomic mass is 16.5. The summed E-state index contributed by atoms with van der Waals surface area (Å²) in [6, 6.07) is 0. The number of hydrogen-bond donors (Lipinski definition) is 1. The Balaban J connectivity index is 3.22. The van der Waals surface area contributed by atoms with Crippen molar-refractivity contribution in [2.24, 2.45) is 5.92 Å². The Morgan fingerprint density at radius 3 is 2.14 bits per heavy atom. The van der Waals surface area contributed by atoms with Crippen molar-refractivity contribution in [1.82, 2.24) is 5.32 Å². The molecule has 82 valence electrons. The minimum atomic E-state index is -0.0959. The zero-order valence-electron chi connectivity index (χ0n) is 10.5. The monoisotopic (exact) mass is 197 g/mol. The number of likely N-dealkylation sites (N-methyl/N-ethyl adjacent to an activating group) is 1. The molecule has 0 fully saturated rings. The van der Waals surface area contributed by atoms with Crippen LogP contribution in [0.3, 0.4) is 0 Å². The smallest absolute Gasteiger partial charge is 0.108 e. The van der Waals surface area contributed by atoms with Gasteiger partial charge in [-0.05, 0) is 47.2 Å². The van der Waals surface area contributed by atoms with Gasteiger partial charge in [0.05, 0.1) is 5.76 Å². The standard InChI is InChI=1S/C12H23NO/c1-8-9(2)14-11(4,5)10(3)12(8,6)13-7/h10,13H,1-7H3. The summed E-state index contributed by atoms with van der Waals surface area (Å²) in [4.78, 5) is 0. The lowest BCUT2D eigenvalue weighted by atomic mass is 9.70. The first kappa shape index (κ1) is 11.6. The largest absolute Gasteiger partial charge is 0.492 e. The second-order valence-electron chi connectivity index (χ2n) is 5.06. The van der Waals surface area contributed by atoms with Crippen LogP contribution in [0.2, 0.25) is 0 Å². The molecule has 2 atom stereocenters. The van der Waals surface area contributed by atoms with Gasteiger partial charge in [0, 0.05) is 11.5 Å². The fourth-order valence-electron chi connectivity index (χ4n) is 2.35. The van der Waals surface area contributed by atoms with Crippen LogP contribution in [0.15, 0.2) is 11.3 Å². The quantitative estimate of drug-likeness (QED) is 0.698. The Labute approximate surface area is 87.7 Å². The summed E-state index contributed by atoms with van der Waals surface area (Å²) in [5, 5.41) is 3.43. The Kier molecular flexibility index (Phi) is 2.70.